The van der Waals surface area contributed by atoms with Gasteiger partial charge in [-0.15, -0.1) is 0 Å². The molecule has 1 aromatic heterocycles. The zero-order valence-electron chi connectivity index (χ0n) is 11.0. The average Bonchev–Trinajstić information content (AvgIpc) is 2.69. The molecule has 0 unspecified atom stereocenters. The van der Waals surface area contributed by atoms with E-state index in [0.717, 1.165) is 17.1 Å². The first kappa shape index (κ1) is 13.1. The van der Waals surface area contributed by atoms with Crippen LogP contribution in [0.1, 0.15) is 17.1 Å². The monoisotopic (exact) mass is 260 g/mol. The molecule has 5 nitrogen and oxygen atoms in total. The third-order valence-corrected chi connectivity index (χ3v) is 2.85. The molecule has 0 atom stereocenters. The number of nitrogens with zero attached hydrogens (tertiary/aromatic N) is 2. The third-order valence-electron chi connectivity index (χ3n) is 2.85. The molecule has 0 bridgehead atoms. The molecule has 0 radical (unpaired) electrons. The van der Waals surface area contributed by atoms with Gasteiger partial charge in [0.1, 0.15) is 11.6 Å². The molecule has 0 aliphatic carbocycles. The number of carbonyl (C=O) groups is 1. The van der Waals surface area contributed by atoms with Crippen LogP contribution in [0.15, 0.2) is 30.5 Å². The summed E-state index contributed by atoms with van der Waals surface area (Å²) in [6.45, 7) is 2.52. The van der Waals surface area contributed by atoms with Crippen molar-refractivity contribution >= 4 is 5.97 Å². The fourth-order valence-electron chi connectivity index (χ4n) is 1.94. The van der Waals surface area contributed by atoms with Crippen molar-refractivity contribution in [2.45, 2.75) is 19.9 Å². The normalized spacial score (nSPS) is 10.4. The van der Waals surface area contributed by atoms with Crippen molar-refractivity contribution in [2.24, 2.45) is 0 Å². The quantitative estimate of drug-likeness (QED) is 0.891. The highest BCUT2D eigenvalue weighted by atomic mass is 16.5. The summed E-state index contributed by atoms with van der Waals surface area (Å²) in [6.07, 6.45) is 1.73. The molecule has 0 aliphatic rings. The van der Waals surface area contributed by atoms with E-state index in [1.807, 2.05) is 35.8 Å². The van der Waals surface area contributed by atoms with E-state index in [1.54, 1.807) is 13.3 Å². The predicted molar refractivity (Wildman–Crippen MR) is 70.4 cm³/mol. The van der Waals surface area contributed by atoms with Gasteiger partial charge < -0.3 is 14.4 Å². The number of aliphatic carboxylic acids is 1. The van der Waals surface area contributed by atoms with E-state index in [4.69, 9.17) is 9.84 Å². The molecule has 0 amide bonds. The Morgan fingerprint density at radius 2 is 2.26 bits per heavy atom. The molecule has 19 heavy (non-hydrogen) atoms. The lowest BCUT2D eigenvalue weighted by molar-refractivity contribution is -0.136. The minimum absolute atomic E-state index is 0.0497. The summed E-state index contributed by atoms with van der Waals surface area (Å²) in [5.41, 5.74) is 1.66. The number of aromatic nitrogens is 2. The minimum Gasteiger partial charge on any atom is -0.497 e. The van der Waals surface area contributed by atoms with Gasteiger partial charge in [0, 0.05) is 12.7 Å². The molecule has 2 rings (SSSR count). The highest BCUT2D eigenvalue weighted by Crippen LogP contribution is 2.15. The standard InChI is InChI=1S/C14H16N2O3/c1-10-15-12(7-14(17)18)9-16(10)8-11-4-3-5-13(6-11)19-2/h3-6,9H,7-8H2,1-2H3,(H,17,18). The van der Waals surface area contributed by atoms with Crippen LogP contribution >= 0.6 is 0 Å². The molecule has 0 saturated carbocycles. The first-order valence-electron chi connectivity index (χ1n) is 5.96. The van der Waals surface area contributed by atoms with Crippen LogP contribution in [0.3, 0.4) is 0 Å². The molecule has 1 aromatic carbocycles. The van der Waals surface area contributed by atoms with Gasteiger partial charge in [0.2, 0.25) is 0 Å². The maximum absolute atomic E-state index is 10.7. The van der Waals surface area contributed by atoms with Crippen LogP contribution in [0.2, 0.25) is 0 Å². The lowest BCUT2D eigenvalue weighted by Gasteiger charge is -2.06. The highest BCUT2D eigenvalue weighted by molar-refractivity contribution is 5.69. The maximum Gasteiger partial charge on any atom is 0.309 e. The van der Waals surface area contributed by atoms with Crippen LogP contribution in [0.4, 0.5) is 0 Å². The number of methoxy groups -OCH3 is 1. The van der Waals surface area contributed by atoms with Crippen LogP contribution in [-0.4, -0.2) is 27.7 Å². The fraction of sp³-hybridized carbons (Fsp3) is 0.286. The van der Waals surface area contributed by atoms with Gasteiger partial charge in [0.05, 0.1) is 19.2 Å². The molecular formula is C14H16N2O3. The fourth-order valence-corrected chi connectivity index (χ4v) is 1.94. The Morgan fingerprint density at radius 1 is 1.47 bits per heavy atom. The van der Waals surface area contributed by atoms with Crippen molar-refractivity contribution in [1.29, 1.82) is 0 Å². The number of hydrogen-bond donors (Lipinski definition) is 1. The first-order chi connectivity index (χ1) is 9.08. The number of imidazole rings is 1. The molecule has 0 fully saturated rings. The minimum atomic E-state index is -0.869. The second-order valence-corrected chi connectivity index (χ2v) is 4.33. The molecule has 0 aliphatic heterocycles. The molecular weight excluding hydrogens is 244 g/mol. The Labute approximate surface area is 111 Å². The van der Waals surface area contributed by atoms with E-state index in [2.05, 4.69) is 4.98 Å². The summed E-state index contributed by atoms with van der Waals surface area (Å²) in [4.78, 5) is 14.9. The number of carboxylic acid groups (broad SMARTS) is 1. The van der Waals surface area contributed by atoms with Gasteiger partial charge in [0.15, 0.2) is 0 Å². The number of ether oxygens (including phenoxy) is 1. The SMILES string of the molecule is COc1cccc(Cn2cc(CC(=O)O)nc2C)c1. The van der Waals surface area contributed by atoms with E-state index >= 15 is 0 Å². The van der Waals surface area contributed by atoms with E-state index in [0.29, 0.717) is 12.2 Å². The number of rotatable bonds is 5. The largest absolute Gasteiger partial charge is 0.497 e. The molecule has 0 saturated heterocycles. The van der Waals surface area contributed by atoms with E-state index < -0.39 is 5.97 Å². The lowest BCUT2D eigenvalue weighted by atomic mass is 10.2. The summed E-state index contributed by atoms with van der Waals surface area (Å²) in [5.74, 6) is 0.742. The van der Waals surface area contributed by atoms with Crippen molar-refractivity contribution in [3.05, 3.63) is 47.5 Å². The van der Waals surface area contributed by atoms with Crippen LogP contribution in [0.25, 0.3) is 0 Å². The van der Waals surface area contributed by atoms with Gasteiger partial charge in [-0.25, -0.2) is 4.98 Å². The lowest BCUT2D eigenvalue weighted by Crippen LogP contribution is -2.01. The Bertz CT molecular complexity index is 590. The molecule has 1 N–H and O–H groups in total. The Morgan fingerprint density at radius 3 is 2.95 bits per heavy atom. The summed E-state index contributed by atoms with van der Waals surface area (Å²) >= 11 is 0. The summed E-state index contributed by atoms with van der Waals surface area (Å²) in [5, 5.41) is 8.76. The second kappa shape index (κ2) is 5.56. The number of benzene rings is 1. The maximum atomic E-state index is 10.7. The predicted octanol–water partition coefficient (Wildman–Crippen LogP) is 1.88. The third kappa shape index (κ3) is 3.34. The van der Waals surface area contributed by atoms with Crippen molar-refractivity contribution in [2.75, 3.05) is 7.11 Å². The Kier molecular flexibility index (Phi) is 3.85. The van der Waals surface area contributed by atoms with E-state index in [9.17, 15) is 4.79 Å². The zero-order valence-corrected chi connectivity index (χ0v) is 11.0. The zero-order chi connectivity index (χ0) is 13.8. The van der Waals surface area contributed by atoms with Crippen LogP contribution in [-0.2, 0) is 17.8 Å². The summed E-state index contributed by atoms with van der Waals surface area (Å²) in [7, 11) is 1.63. The van der Waals surface area contributed by atoms with Crippen molar-refractivity contribution in [3.63, 3.8) is 0 Å². The average molecular weight is 260 g/mol. The van der Waals surface area contributed by atoms with Crippen molar-refractivity contribution in [3.8, 4) is 5.75 Å². The van der Waals surface area contributed by atoms with Gasteiger partial charge in [0.25, 0.3) is 0 Å². The van der Waals surface area contributed by atoms with Crippen LogP contribution in [0.5, 0.6) is 5.75 Å². The van der Waals surface area contributed by atoms with Crippen molar-refractivity contribution in [1.82, 2.24) is 9.55 Å². The number of carboxylic acids is 1. The Balaban J connectivity index is 2.18. The number of hydrogen-bond acceptors (Lipinski definition) is 3. The second-order valence-electron chi connectivity index (χ2n) is 4.33. The molecule has 100 valence electrons. The van der Waals surface area contributed by atoms with Gasteiger partial charge in [-0.05, 0) is 24.6 Å². The topological polar surface area (TPSA) is 64.3 Å². The first-order valence-corrected chi connectivity index (χ1v) is 5.96. The summed E-state index contributed by atoms with van der Waals surface area (Å²) < 4.78 is 7.12. The van der Waals surface area contributed by atoms with Crippen molar-refractivity contribution < 1.29 is 14.6 Å². The molecule has 5 heteroatoms. The molecule has 1 heterocycles. The smallest absolute Gasteiger partial charge is 0.309 e. The van der Waals surface area contributed by atoms with E-state index in [1.165, 1.54) is 0 Å². The summed E-state index contributed by atoms with van der Waals surface area (Å²) in [6, 6.07) is 7.77. The van der Waals surface area contributed by atoms with Gasteiger partial charge in [-0.2, -0.15) is 0 Å². The van der Waals surface area contributed by atoms with Gasteiger partial charge in [-0.1, -0.05) is 12.1 Å². The highest BCUT2D eigenvalue weighted by Gasteiger charge is 2.08. The molecule has 2 aromatic rings. The van der Waals surface area contributed by atoms with Crippen LogP contribution in [0, 0.1) is 6.92 Å². The Hall–Kier alpha value is -2.30. The van der Waals surface area contributed by atoms with Gasteiger partial charge >= 0.3 is 5.97 Å². The van der Waals surface area contributed by atoms with Crippen LogP contribution < -0.4 is 4.74 Å². The molecule has 0 spiro atoms. The van der Waals surface area contributed by atoms with Gasteiger partial charge in [-0.3, -0.25) is 4.79 Å². The number of aryl methyl sites for hydroxylation is 1. The van der Waals surface area contributed by atoms with E-state index in [-0.39, 0.29) is 6.42 Å².